The average Bonchev–Trinajstić information content (AvgIpc) is 3.29. The highest BCUT2D eigenvalue weighted by molar-refractivity contribution is 6.04. The second-order valence-corrected chi connectivity index (χ2v) is 10.00. The fraction of sp³-hybridized carbons (Fsp3) is 0.345. The van der Waals surface area contributed by atoms with E-state index in [9.17, 15) is 9.90 Å². The van der Waals surface area contributed by atoms with Crippen molar-refractivity contribution in [1.29, 1.82) is 0 Å². The highest BCUT2D eigenvalue weighted by Crippen LogP contribution is 2.26. The van der Waals surface area contributed by atoms with E-state index in [4.69, 9.17) is 9.47 Å². The van der Waals surface area contributed by atoms with Crippen LogP contribution in [-0.2, 0) is 10.3 Å². The van der Waals surface area contributed by atoms with Crippen LogP contribution in [0.3, 0.4) is 0 Å². The van der Waals surface area contributed by atoms with Crippen molar-refractivity contribution in [1.82, 2.24) is 19.5 Å². The molecule has 2 N–H and O–H groups in total. The molecular weight excluding hydrogens is 482 g/mol. The Morgan fingerprint density at radius 3 is 2.47 bits per heavy atom. The van der Waals surface area contributed by atoms with Gasteiger partial charge in [-0.3, -0.25) is 9.69 Å². The molecule has 0 aliphatic carbocycles. The van der Waals surface area contributed by atoms with Crippen molar-refractivity contribution in [3.8, 4) is 17.0 Å². The third-order valence-corrected chi connectivity index (χ3v) is 6.57. The molecule has 0 radical (unpaired) electrons. The Morgan fingerprint density at radius 2 is 1.79 bits per heavy atom. The van der Waals surface area contributed by atoms with Crippen molar-refractivity contribution in [2.75, 3.05) is 44.8 Å². The second kappa shape index (κ2) is 10.9. The Labute approximate surface area is 222 Å². The molecule has 3 heterocycles. The topological polar surface area (TPSA) is 101 Å². The maximum absolute atomic E-state index is 13.0. The number of nitrogens with one attached hydrogen (secondary N) is 1. The lowest BCUT2D eigenvalue weighted by molar-refractivity contribution is 0.0322. The number of fused-ring (bicyclic) bond motifs is 1. The summed E-state index contributed by atoms with van der Waals surface area (Å²) < 4.78 is 13.1. The Kier molecular flexibility index (Phi) is 7.42. The summed E-state index contributed by atoms with van der Waals surface area (Å²) in [6, 6.07) is 18.4. The monoisotopic (exact) mass is 515 g/mol. The van der Waals surface area contributed by atoms with Crippen molar-refractivity contribution in [2.45, 2.75) is 26.4 Å². The number of aromatic nitrogens is 3. The lowest BCUT2D eigenvalue weighted by Gasteiger charge is -2.26. The minimum absolute atomic E-state index is 0.282. The molecule has 1 saturated heterocycles. The van der Waals surface area contributed by atoms with Gasteiger partial charge in [0.1, 0.15) is 18.2 Å². The summed E-state index contributed by atoms with van der Waals surface area (Å²) in [5.74, 6) is 0.942. The lowest BCUT2D eigenvalue weighted by Crippen LogP contribution is -2.38. The highest BCUT2D eigenvalue weighted by atomic mass is 16.5. The van der Waals surface area contributed by atoms with Crippen LogP contribution in [0.25, 0.3) is 16.9 Å². The summed E-state index contributed by atoms with van der Waals surface area (Å²) in [6.45, 7) is 10.2. The van der Waals surface area contributed by atoms with Gasteiger partial charge in [-0.1, -0.05) is 12.1 Å². The van der Waals surface area contributed by atoms with Crippen molar-refractivity contribution in [3.05, 3.63) is 77.5 Å². The minimum atomic E-state index is -0.973. The molecule has 38 heavy (non-hydrogen) atoms. The standard InChI is InChI=1S/C29H33N5O4/c1-20-18-27-30-26(31-28(35)22-4-8-23(9-5-22)29(2,3)36)19-25(34(27)32-20)21-6-10-24(11-7-21)38-17-14-33-12-15-37-16-13-33/h4-11,18-19,36H,12-17H2,1-3H3,(H,30,31,35). The molecule has 2 aromatic heterocycles. The van der Waals surface area contributed by atoms with Crippen LogP contribution in [-0.4, -0.2) is 70.0 Å². The van der Waals surface area contributed by atoms with Gasteiger partial charge in [0.2, 0.25) is 0 Å². The second-order valence-electron chi connectivity index (χ2n) is 10.00. The Balaban J connectivity index is 1.32. The first kappa shape index (κ1) is 25.8. The van der Waals surface area contributed by atoms with Gasteiger partial charge < -0.3 is 19.9 Å². The first-order valence-electron chi connectivity index (χ1n) is 12.8. The molecule has 1 amide bonds. The number of ether oxygens (including phenoxy) is 2. The smallest absolute Gasteiger partial charge is 0.256 e. The van der Waals surface area contributed by atoms with Crippen LogP contribution in [0.2, 0.25) is 0 Å². The normalized spacial score (nSPS) is 14.5. The molecule has 1 aliphatic heterocycles. The SMILES string of the molecule is Cc1cc2nc(NC(=O)c3ccc(C(C)(C)O)cc3)cc(-c3ccc(OCCN4CCOCC4)cc3)n2n1. The van der Waals surface area contributed by atoms with Gasteiger partial charge in [-0.25, -0.2) is 9.50 Å². The van der Waals surface area contributed by atoms with Gasteiger partial charge in [0.05, 0.1) is 30.2 Å². The number of hydrogen-bond acceptors (Lipinski definition) is 7. The number of carbonyl (C=O) groups excluding carboxylic acids is 1. The molecule has 0 spiro atoms. The van der Waals surface area contributed by atoms with Crippen molar-refractivity contribution in [3.63, 3.8) is 0 Å². The van der Waals surface area contributed by atoms with Gasteiger partial charge in [-0.05, 0) is 62.7 Å². The molecule has 1 fully saturated rings. The predicted octanol–water partition coefficient (Wildman–Crippen LogP) is 3.90. The zero-order chi connectivity index (χ0) is 26.7. The Hall–Kier alpha value is -3.79. The van der Waals surface area contributed by atoms with E-state index < -0.39 is 5.60 Å². The summed E-state index contributed by atoms with van der Waals surface area (Å²) in [4.78, 5) is 19.9. The predicted molar refractivity (Wildman–Crippen MR) is 146 cm³/mol. The molecule has 4 aromatic rings. The van der Waals surface area contributed by atoms with Crippen LogP contribution in [0.4, 0.5) is 5.82 Å². The van der Waals surface area contributed by atoms with E-state index in [2.05, 4.69) is 20.3 Å². The summed E-state index contributed by atoms with van der Waals surface area (Å²) in [5.41, 5.74) is 3.43. The first-order valence-corrected chi connectivity index (χ1v) is 12.8. The van der Waals surface area contributed by atoms with Gasteiger partial charge in [-0.2, -0.15) is 5.10 Å². The molecule has 9 nitrogen and oxygen atoms in total. The summed E-state index contributed by atoms with van der Waals surface area (Å²) in [6.07, 6.45) is 0. The molecule has 0 saturated carbocycles. The van der Waals surface area contributed by atoms with E-state index in [1.165, 1.54) is 0 Å². The number of morpholine rings is 1. The molecule has 198 valence electrons. The van der Waals surface area contributed by atoms with Crippen LogP contribution in [0.15, 0.2) is 60.7 Å². The lowest BCUT2D eigenvalue weighted by atomic mass is 9.97. The maximum atomic E-state index is 13.0. The number of benzene rings is 2. The Bertz CT molecular complexity index is 1400. The number of hydrogen-bond donors (Lipinski definition) is 2. The largest absolute Gasteiger partial charge is 0.492 e. The van der Waals surface area contributed by atoms with E-state index in [1.807, 2.05) is 43.3 Å². The zero-order valence-electron chi connectivity index (χ0n) is 22.0. The van der Waals surface area contributed by atoms with Crippen molar-refractivity contribution >= 4 is 17.4 Å². The van der Waals surface area contributed by atoms with Gasteiger partial charge in [0.25, 0.3) is 5.91 Å². The third kappa shape index (κ3) is 6.02. The number of aliphatic hydroxyl groups is 1. The van der Waals surface area contributed by atoms with Crippen LogP contribution >= 0.6 is 0 Å². The molecule has 2 aromatic carbocycles. The molecule has 9 heteroatoms. The molecule has 0 atom stereocenters. The molecule has 0 bridgehead atoms. The summed E-state index contributed by atoms with van der Waals surface area (Å²) >= 11 is 0. The van der Waals surface area contributed by atoms with Gasteiger partial charge >= 0.3 is 0 Å². The fourth-order valence-corrected chi connectivity index (χ4v) is 4.42. The summed E-state index contributed by atoms with van der Waals surface area (Å²) in [5, 5.41) is 17.7. The quantitative estimate of drug-likeness (QED) is 0.367. The van der Waals surface area contributed by atoms with Crippen LogP contribution in [0.1, 0.15) is 35.5 Å². The van der Waals surface area contributed by atoms with E-state index in [0.717, 1.165) is 61.1 Å². The van der Waals surface area contributed by atoms with Crippen LogP contribution in [0.5, 0.6) is 5.75 Å². The van der Waals surface area contributed by atoms with Crippen LogP contribution < -0.4 is 10.1 Å². The highest BCUT2D eigenvalue weighted by Gasteiger charge is 2.17. The first-order chi connectivity index (χ1) is 18.3. The van der Waals surface area contributed by atoms with E-state index in [0.29, 0.717) is 23.6 Å². The van der Waals surface area contributed by atoms with Gasteiger partial charge in [0, 0.05) is 42.9 Å². The summed E-state index contributed by atoms with van der Waals surface area (Å²) in [7, 11) is 0. The van der Waals surface area contributed by atoms with Crippen LogP contribution in [0, 0.1) is 6.92 Å². The van der Waals surface area contributed by atoms with Crippen molar-refractivity contribution < 1.29 is 19.4 Å². The number of rotatable bonds is 8. The molecule has 0 unspecified atom stereocenters. The van der Waals surface area contributed by atoms with Gasteiger partial charge in [0.15, 0.2) is 5.65 Å². The van der Waals surface area contributed by atoms with Gasteiger partial charge in [-0.15, -0.1) is 0 Å². The maximum Gasteiger partial charge on any atom is 0.256 e. The zero-order valence-corrected chi connectivity index (χ0v) is 22.0. The molecule has 1 aliphatic rings. The number of carbonyl (C=O) groups is 1. The molecular formula is C29H33N5O4. The molecule has 5 rings (SSSR count). The third-order valence-electron chi connectivity index (χ3n) is 6.57. The minimum Gasteiger partial charge on any atom is -0.492 e. The fourth-order valence-electron chi connectivity index (χ4n) is 4.42. The number of anilines is 1. The van der Waals surface area contributed by atoms with E-state index >= 15 is 0 Å². The van der Waals surface area contributed by atoms with Crippen molar-refractivity contribution in [2.24, 2.45) is 0 Å². The Morgan fingerprint density at radius 1 is 1.08 bits per heavy atom. The number of nitrogens with zero attached hydrogens (tertiary/aromatic N) is 4. The number of amides is 1. The van der Waals surface area contributed by atoms with E-state index in [-0.39, 0.29) is 5.91 Å². The van der Waals surface area contributed by atoms with E-state index in [1.54, 1.807) is 42.6 Å². The average molecular weight is 516 g/mol. The number of aryl methyl sites for hydroxylation is 1.